The van der Waals surface area contributed by atoms with Crippen molar-refractivity contribution in [1.82, 2.24) is 4.98 Å². The average Bonchev–Trinajstić information content (AvgIpc) is 2.27. The Morgan fingerprint density at radius 3 is 2.53 bits per heavy atom. The van der Waals surface area contributed by atoms with Crippen molar-refractivity contribution in [2.24, 2.45) is 0 Å². The van der Waals surface area contributed by atoms with E-state index >= 15 is 0 Å². The quantitative estimate of drug-likeness (QED) is 0.761. The van der Waals surface area contributed by atoms with Crippen molar-refractivity contribution in [3.8, 4) is 6.07 Å². The van der Waals surface area contributed by atoms with Crippen LogP contribution in [0.5, 0.6) is 0 Å². The lowest BCUT2D eigenvalue weighted by Crippen LogP contribution is -2.04. The third-order valence-corrected chi connectivity index (χ3v) is 2.34. The second-order valence-corrected chi connectivity index (χ2v) is 3.54. The lowest BCUT2D eigenvalue weighted by molar-refractivity contribution is -0.137. The van der Waals surface area contributed by atoms with Crippen molar-refractivity contribution in [3.05, 3.63) is 41.6 Å². The molecule has 2 nitrogen and oxygen atoms in total. The van der Waals surface area contributed by atoms with E-state index in [1.165, 1.54) is 6.07 Å². The van der Waals surface area contributed by atoms with Gasteiger partial charge in [-0.2, -0.15) is 18.4 Å². The first-order chi connectivity index (χ1) is 8.00. The van der Waals surface area contributed by atoms with Gasteiger partial charge in [0.2, 0.25) is 0 Å². The van der Waals surface area contributed by atoms with Gasteiger partial charge < -0.3 is 0 Å². The summed E-state index contributed by atoms with van der Waals surface area (Å²) in [5, 5.41) is 9.13. The Balaban J connectivity index is 2.55. The molecule has 0 unspecified atom stereocenters. The number of benzene rings is 1. The fourth-order valence-corrected chi connectivity index (χ4v) is 1.52. The van der Waals surface area contributed by atoms with Crippen molar-refractivity contribution in [3.63, 3.8) is 0 Å². The van der Waals surface area contributed by atoms with E-state index in [4.69, 9.17) is 5.26 Å². The summed E-state index contributed by atoms with van der Waals surface area (Å²) in [6.45, 7) is 0. The van der Waals surface area contributed by atoms with E-state index in [1.807, 2.05) is 6.07 Å². The number of halogens is 3. The summed E-state index contributed by atoms with van der Waals surface area (Å²) in [7, 11) is 0. The smallest absolute Gasteiger partial charge is 0.252 e. The zero-order valence-electron chi connectivity index (χ0n) is 8.62. The van der Waals surface area contributed by atoms with Gasteiger partial charge in [-0.1, -0.05) is 12.1 Å². The number of rotatable bonds is 1. The molecule has 0 aliphatic rings. The van der Waals surface area contributed by atoms with Gasteiger partial charge in [0, 0.05) is 5.39 Å². The highest BCUT2D eigenvalue weighted by atomic mass is 19.4. The number of nitrogens with zero attached hydrogens (tertiary/aromatic N) is 2. The summed E-state index contributed by atoms with van der Waals surface area (Å²) in [5.41, 5.74) is -0.00138. The summed E-state index contributed by atoms with van der Waals surface area (Å²) in [6, 6.07) is 8.60. The average molecular weight is 236 g/mol. The molecule has 0 aliphatic carbocycles. The predicted molar refractivity (Wildman–Crippen MR) is 56.1 cm³/mol. The SMILES string of the molecule is N#CCc1ccc2ccc(C(F)(F)F)cc2n1. The molecule has 0 aliphatic heterocycles. The second-order valence-electron chi connectivity index (χ2n) is 3.54. The van der Waals surface area contributed by atoms with Crippen LogP contribution < -0.4 is 0 Å². The van der Waals surface area contributed by atoms with Crippen molar-refractivity contribution in [2.45, 2.75) is 12.6 Å². The fourth-order valence-electron chi connectivity index (χ4n) is 1.52. The number of fused-ring (bicyclic) bond motifs is 1. The van der Waals surface area contributed by atoms with Crippen LogP contribution in [0.2, 0.25) is 0 Å². The first-order valence-corrected chi connectivity index (χ1v) is 4.84. The number of aromatic nitrogens is 1. The highest BCUT2D eigenvalue weighted by molar-refractivity contribution is 5.79. The lowest BCUT2D eigenvalue weighted by atomic mass is 10.1. The molecule has 0 amide bonds. The topological polar surface area (TPSA) is 36.7 Å². The fraction of sp³-hybridized carbons (Fsp3) is 0.167. The summed E-state index contributed by atoms with van der Waals surface area (Å²) >= 11 is 0. The van der Waals surface area contributed by atoms with E-state index in [0.29, 0.717) is 11.1 Å². The second kappa shape index (κ2) is 4.06. The van der Waals surface area contributed by atoms with E-state index < -0.39 is 11.7 Å². The van der Waals surface area contributed by atoms with Crippen LogP contribution in [0.25, 0.3) is 10.9 Å². The van der Waals surface area contributed by atoms with E-state index in [1.54, 1.807) is 12.1 Å². The van der Waals surface area contributed by atoms with Crippen LogP contribution in [0.15, 0.2) is 30.3 Å². The highest BCUT2D eigenvalue weighted by Crippen LogP contribution is 2.30. The Labute approximate surface area is 95.3 Å². The molecule has 0 bridgehead atoms. The minimum absolute atomic E-state index is 0.0895. The first kappa shape index (κ1) is 11.4. The number of hydrogen-bond donors (Lipinski definition) is 0. The van der Waals surface area contributed by atoms with Crippen LogP contribution in [-0.2, 0) is 12.6 Å². The van der Waals surface area contributed by atoms with Crippen LogP contribution in [-0.4, -0.2) is 4.98 Å². The molecule has 0 fully saturated rings. The normalized spacial score (nSPS) is 11.4. The number of alkyl halides is 3. The van der Waals surface area contributed by atoms with Gasteiger partial charge in [-0.15, -0.1) is 0 Å². The molecule has 1 heterocycles. The van der Waals surface area contributed by atoms with Crippen LogP contribution >= 0.6 is 0 Å². The van der Waals surface area contributed by atoms with Crippen molar-refractivity contribution >= 4 is 10.9 Å². The molecule has 0 atom stereocenters. The molecule has 86 valence electrons. The van der Waals surface area contributed by atoms with Crippen molar-refractivity contribution < 1.29 is 13.2 Å². The zero-order valence-corrected chi connectivity index (χ0v) is 8.62. The summed E-state index contributed by atoms with van der Waals surface area (Å²) in [5.74, 6) is 0. The van der Waals surface area contributed by atoms with Gasteiger partial charge in [0.05, 0.1) is 29.3 Å². The Kier molecular flexibility index (Phi) is 2.72. The van der Waals surface area contributed by atoms with E-state index in [-0.39, 0.29) is 11.9 Å². The molecule has 0 N–H and O–H groups in total. The van der Waals surface area contributed by atoms with Gasteiger partial charge in [0.25, 0.3) is 0 Å². The largest absolute Gasteiger partial charge is 0.416 e. The third kappa shape index (κ3) is 2.36. The minimum atomic E-state index is -4.37. The van der Waals surface area contributed by atoms with Crippen molar-refractivity contribution in [2.75, 3.05) is 0 Å². The maximum Gasteiger partial charge on any atom is 0.416 e. The molecule has 17 heavy (non-hydrogen) atoms. The molecule has 1 aromatic heterocycles. The van der Waals surface area contributed by atoms with Gasteiger partial charge in [-0.3, -0.25) is 4.98 Å². The Bertz CT molecular complexity index is 597. The van der Waals surface area contributed by atoms with Crippen LogP contribution in [0.1, 0.15) is 11.3 Å². The number of hydrogen-bond acceptors (Lipinski definition) is 2. The lowest BCUT2D eigenvalue weighted by Gasteiger charge is -2.07. The molecular weight excluding hydrogens is 229 g/mol. The van der Waals surface area contributed by atoms with E-state index in [0.717, 1.165) is 12.1 Å². The molecule has 1 aromatic carbocycles. The van der Waals surface area contributed by atoms with Crippen molar-refractivity contribution in [1.29, 1.82) is 5.26 Å². The Hall–Kier alpha value is -2.09. The summed E-state index contributed by atoms with van der Waals surface area (Å²) < 4.78 is 37.5. The third-order valence-electron chi connectivity index (χ3n) is 2.34. The molecular formula is C12H7F3N2. The number of pyridine rings is 1. The molecule has 5 heteroatoms. The Morgan fingerprint density at radius 1 is 1.18 bits per heavy atom. The Morgan fingerprint density at radius 2 is 1.88 bits per heavy atom. The minimum Gasteiger partial charge on any atom is -0.252 e. The molecule has 0 saturated carbocycles. The first-order valence-electron chi connectivity index (χ1n) is 4.84. The maximum absolute atomic E-state index is 12.5. The summed E-state index contributed by atoms with van der Waals surface area (Å²) in [4.78, 5) is 4.02. The van der Waals surface area contributed by atoms with Gasteiger partial charge in [0.1, 0.15) is 0 Å². The van der Waals surface area contributed by atoms with Crippen LogP contribution in [0, 0.1) is 11.3 Å². The van der Waals surface area contributed by atoms with Crippen LogP contribution in [0.4, 0.5) is 13.2 Å². The molecule has 2 aromatic rings. The molecule has 0 spiro atoms. The van der Waals surface area contributed by atoms with Gasteiger partial charge in [-0.05, 0) is 18.2 Å². The van der Waals surface area contributed by atoms with Gasteiger partial charge in [0.15, 0.2) is 0 Å². The molecule has 0 saturated heterocycles. The standard InChI is InChI=1S/C12H7F3N2/c13-12(14,15)9-3-1-8-2-4-10(5-6-16)17-11(8)7-9/h1-4,7H,5H2. The molecule has 0 radical (unpaired) electrons. The van der Waals surface area contributed by atoms with Crippen LogP contribution in [0.3, 0.4) is 0 Å². The number of nitriles is 1. The van der Waals surface area contributed by atoms with Gasteiger partial charge >= 0.3 is 6.18 Å². The predicted octanol–water partition coefficient (Wildman–Crippen LogP) is 3.32. The van der Waals surface area contributed by atoms with Gasteiger partial charge in [-0.25, -0.2) is 0 Å². The monoisotopic (exact) mass is 236 g/mol. The summed E-state index contributed by atoms with van der Waals surface area (Å²) in [6.07, 6.45) is -4.28. The van der Waals surface area contributed by atoms with E-state index in [9.17, 15) is 13.2 Å². The highest BCUT2D eigenvalue weighted by Gasteiger charge is 2.30. The molecule has 2 rings (SSSR count). The van der Waals surface area contributed by atoms with E-state index in [2.05, 4.69) is 4.98 Å². The maximum atomic E-state index is 12.5. The zero-order chi connectivity index (χ0) is 12.5.